The smallest absolute Gasteiger partial charge is 0.254 e. The number of thiophene rings is 1. The van der Waals surface area contributed by atoms with Crippen LogP contribution in [0, 0.1) is 12.7 Å². The molecule has 1 fully saturated rings. The van der Waals surface area contributed by atoms with E-state index in [0.29, 0.717) is 38.2 Å². The summed E-state index contributed by atoms with van der Waals surface area (Å²) in [6.45, 7) is 7.09. The summed E-state index contributed by atoms with van der Waals surface area (Å²) in [5.74, 6) is -0.108. The maximum Gasteiger partial charge on any atom is 0.254 e. The first-order valence-corrected chi connectivity index (χ1v) is 13.5. The molecule has 5 rings (SSSR count). The van der Waals surface area contributed by atoms with Crippen molar-refractivity contribution in [3.05, 3.63) is 92.9 Å². The zero-order valence-corrected chi connectivity index (χ0v) is 21.6. The predicted octanol–water partition coefficient (Wildman–Crippen LogP) is 4.91. The predicted molar refractivity (Wildman–Crippen MR) is 141 cm³/mol. The lowest BCUT2D eigenvalue weighted by atomic mass is 9.93. The van der Waals surface area contributed by atoms with E-state index < -0.39 is 0 Å². The minimum absolute atomic E-state index is 0.0208. The molecule has 0 aliphatic carbocycles. The fourth-order valence-electron chi connectivity index (χ4n) is 5.42. The number of carbonyl (C=O) groups is 2. The SMILES string of the molecule is Cc1ccc(C(=O)N2CCN(C(=O)CCN3CCc4sccc4[C@H]3c3cccc(F)c3)C[C@@H]2C)cc1. The number of hydrogen-bond donors (Lipinski definition) is 0. The van der Waals surface area contributed by atoms with Crippen molar-refractivity contribution in [1.82, 2.24) is 14.7 Å². The second kappa shape index (κ2) is 10.5. The van der Waals surface area contributed by atoms with E-state index in [9.17, 15) is 14.0 Å². The van der Waals surface area contributed by atoms with Gasteiger partial charge in [0.05, 0.1) is 6.04 Å². The van der Waals surface area contributed by atoms with E-state index in [1.54, 1.807) is 23.5 Å². The summed E-state index contributed by atoms with van der Waals surface area (Å²) in [7, 11) is 0. The Kier molecular flexibility index (Phi) is 7.21. The summed E-state index contributed by atoms with van der Waals surface area (Å²) in [4.78, 5) is 33.6. The van der Waals surface area contributed by atoms with Crippen molar-refractivity contribution < 1.29 is 14.0 Å². The summed E-state index contributed by atoms with van der Waals surface area (Å²) >= 11 is 1.75. The molecule has 2 aromatic carbocycles. The molecule has 2 aliphatic heterocycles. The van der Waals surface area contributed by atoms with Gasteiger partial charge < -0.3 is 9.80 Å². The molecule has 7 heteroatoms. The van der Waals surface area contributed by atoms with Crippen LogP contribution in [0.1, 0.15) is 51.3 Å². The van der Waals surface area contributed by atoms with Gasteiger partial charge in [0.25, 0.3) is 5.91 Å². The molecule has 0 saturated carbocycles. The van der Waals surface area contributed by atoms with Crippen molar-refractivity contribution in [2.75, 3.05) is 32.7 Å². The molecule has 0 unspecified atom stereocenters. The highest BCUT2D eigenvalue weighted by Crippen LogP contribution is 2.38. The van der Waals surface area contributed by atoms with E-state index >= 15 is 0 Å². The second-order valence-electron chi connectivity index (χ2n) is 9.85. The lowest BCUT2D eigenvalue weighted by Crippen LogP contribution is -2.55. The van der Waals surface area contributed by atoms with E-state index in [-0.39, 0.29) is 29.7 Å². The third-order valence-corrected chi connectivity index (χ3v) is 8.38. The Hall–Kier alpha value is -3.03. The number of aryl methyl sites for hydroxylation is 1. The number of benzene rings is 2. The van der Waals surface area contributed by atoms with Gasteiger partial charge in [-0.25, -0.2) is 4.39 Å². The summed E-state index contributed by atoms with van der Waals surface area (Å²) in [5, 5.41) is 2.10. The Morgan fingerprint density at radius 1 is 1.06 bits per heavy atom. The molecular weight excluding hydrogens is 473 g/mol. The van der Waals surface area contributed by atoms with Gasteiger partial charge in [-0.05, 0) is 67.1 Å². The monoisotopic (exact) mass is 505 g/mol. The zero-order valence-electron chi connectivity index (χ0n) is 20.8. The Morgan fingerprint density at radius 3 is 2.61 bits per heavy atom. The maximum absolute atomic E-state index is 14.1. The summed E-state index contributed by atoms with van der Waals surface area (Å²) in [6, 6.07) is 16.5. The molecule has 2 atom stereocenters. The van der Waals surface area contributed by atoms with Crippen molar-refractivity contribution in [3.8, 4) is 0 Å². The van der Waals surface area contributed by atoms with Crippen molar-refractivity contribution in [2.24, 2.45) is 0 Å². The molecule has 2 aliphatic rings. The highest BCUT2D eigenvalue weighted by molar-refractivity contribution is 7.10. The van der Waals surface area contributed by atoms with Gasteiger partial charge in [-0.3, -0.25) is 14.5 Å². The molecular formula is C29H32FN3O2S. The Morgan fingerprint density at radius 2 is 1.86 bits per heavy atom. The molecule has 0 N–H and O–H groups in total. The highest BCUT2D eigenvalue weighted by atomic mass is 32.1. The van der Waals surface area contributed by atoms with Crippen LogP contribution >= 0.6 is 11.3 Å². The number of piperazine rings is 1. The van der Waals surface area contributed by atoms with Gasteiger partial charge in [-0.15, -0.1) is 11.3 Å². The van der Waals surface area contributed by atoms with Crippen molar-refractivity contribution in [2.45, 2.75) is 38.8 Å². The molecule has 0 spiro atoms. The molecule has 3 aromatic rings. The molecule has 0 bridgehead atoms. The average molecular weight is 506 g/mol. The first-order chi connectivity index (χ1) is 17.4. The number of rotatable bonds is 5. The van der Waals surface area contributed by atoms with Gasteiger partial charge in [0, 0.05) is 55.6 Å². The number of amides is 2. The lowest BCUT2D eigenvalue weighted by Gasteiger charge is -2.41. The number of hydrogen-bond acceptors (Lipinski definition) is 4. The topological polar surface area (TPSA) is 43.9 Å². The largest absolute Gasteiger partial charge is 0.339 e. The van der Waals surface area contributed by atoms with Crippen LogP contribution in [0.2, 0.25) is 0 Å². The summed E-state index contributed by atoms with van der Waals surface area (Å²) in [5.41, 5.74) is 3.96. The van der Waals surface area contributed by atoms with Crippen LogP contribution < -0.4 is 0 Å². The molecule has 0 radical (unpaired) electrons. The molecule has 188 valence electrons. The Balaban J connectivity index is 1.22. The quantitative estimate of drug-likeness (QED) is 0.495. The molecule has 1 aromatic heterocycles. The minimum Gasteiger partial charge on any atom is -0.339 e. The van der Waals surface area contributed by atoms with Gasteiger partial charge in [-0.1, -0.05) is 29.8 Å². The number of nitrogens with zero attached hydrogens (tertiary/aromatic N) is 3. The number of halogens is 1. The molecule has 5 nitrogen and oxygen atoms in total. The van der Waals surface area contributed by atoms with Gasteiger partial charge in [0.2, 0.25) is 5.91 Å². The molecule has 1 saturated heterocycles. The molecule has 2 amide bonds. The molecule has 3 heterocycles. The summed E-state index contributed by atoms with van der Waals surface area (Å²) < 4.78 is 14.1. The van der Waals surface area contributed by atoms with E-state index in [2.05, 4.69) is 16.3 Å². The van der Waals surface area contributed by atoms with Crippen LogP contribution in [0.4, 0.5) is 4.39 Å². The van der Waals surface area contributed by atoms with Crippen LogP contribution in [0.25, 0.3) is 0 Å². The fraction of sp³-hybridized carbons (Fsp3) is 0.379. The van der Waals surface area contributed by atoms with E-state index in [0.717, 1.165) is 24.1 Å². The van der Waals surface area contributed by atoms with E-state index in [4.69, 9.17) is 0 Å². The lowest BCUT2D eigenvalue weighted by molar-refractivity contribution is -0.134. The fourth-order valence-corrected chi connectivity index (χ4v) is 6.33. The Labute approximate surface area is 216 Å². The van der Waals surface area contributed by atoms with Crippen molar-refractivity contribution in [1.29, 1.82) is 0 Å². The first-order valence-electron chi connectivity index (χ1n) is 12.6. The minimum atomic E-state index is -0.238. The third kappa shape index (κ3) is 5.08. The van der Waals surface area contributed by atoms with Crippen LogP contribution in [0.5, 0.6) is 0 Å². The number of carbonyl (C=O) groups excluding carboxylic acids is 2. The highest BCUT2D eigenvalue weighted by Gasteiger charge is 2.33. The van der Waals surface area contributed by atoms with E-state index in [1.807, 2.05) is 54.0 Å². The van der Waals surface area contributed by atoms with Crippen molar-refractivity contribution >= 4 is 23.2 Å². The molecule has 36 heavy (non-hydrogen) atoms. The maximum atomic E-state index is 14.1. The van der Waals surface area contributed by atoms with Gasteiger partial charge >= 0.3 is 0 Å². The van der Waals surface area contributed by atoms with Crippen LogP contribution in [0.15, 0.2) is 60.0 Å². The third-order valence-electron chi connectivity index (χ3n) is 7.38. The number of fused-ring (bicyclic) bond motifs is 1. The standard InChI is InChI=1S/C29H32FN3O2S/c1-20-6-8-22(9-7-20)29(35)33-16-15-32(19-21(33)2)27(34)11-14-31-13-10-26-25(12-17-36-26)28(31)23-4-3-5-24(30)18-23/h3-9,12,17-18,21,28H,10-11,13-16,19H2,1-2H3/t21-,28+/m0/s1. The van der Waals surface area contributed by atoms with E-state index in [1.165, 1.54) is 16.5 Å². The van der Waals surface area contributed by atoms with Gasteiger partial charge in [0.1, 0.15) is 5.82 Å². The first kappa shape index (κ1) is 24.7. The normalized spacial score (nSPS) is 20.3. The second-order valence-corrected chi connectivity index (χ2v) is 10.8. The Bertz CT molecular complexity index is 1240. The van der Waals surface area contributed by atoms with Crippen LogP contribution in [-0.4, -0.2) is 65.3 Å². The van der Waals surface area contributed by atoms with Crippen LogP contribution in [0.3, 0.4) is 0 Å². The average Bonchev–Trinajstić information content (AvgIpc) is 3.36. The van der Waals surface area contributed by atoms with Gasteiger partial charge in [0.15, 0.2) is 0 Å². The van der Waals surface area contributed by atoms with Crippen molar-refractivity contribution in [3.63, 3.8) is 0 Å². The van der Waals surface area contributed by atoms with Crippen LogP contribution in [-0.2, 0) is 11.2 Å². The zero-order chi connectivity index (χ0) is 25.2. The summed E-state index contributed by atoms with van der Waals surface area (Å²) in [6.07, 6.45) is 1.35. The van der Waals surface area contributed by atoms with Gasteiger partial charge in [-0.2, -0.15) is 0 Å².